The van der Waals surface area contributed by atoms with Crippen LogP contribution in [0, 0.1) is 6.92 Å². The van der Waals surface area contributed by atoms with Gasteiger partial charge in [0.2, 0.25) is 0 Å². The number of fused-ring (bicyclic) bond motifs is 1. The summed E-state index contributed by atoms with van der Waals surface area (Å²) in [6.07, 6.45) is 1.73. The van der Waals surface area contributed by atoms with Gasteiger partial charge >= 0.3 is 0 Å². The molecule has 0 atom stereocenters. The second-order valence-electron chi connectivity index (χ2n) is 5.21. The molecule has 3 N–H and O–H groups in total. The summed E-state index contributed by atoms with van der Waals surface area (Å²) in [6.45, 7) is 2.02. The van der Waals surface area contributed by atoms with Crippen LogP contribution in [-0.4, -0.2) is 17.9 Å². The molecule has 0 unspecified atom stereocenters. The van der Waals surface area contributed by atoms with Crippen LogP contribution in [0.25, 0.3) is 10.9 Å². The first-order valence-corrected chi connectivity index (χ1v) is 6.77. The smallest absolute Gasteiger partial charge is 0.260 e. The lowest BCUT2D eigenvalue weighted by Gasteiger charge is -2.17. The molecule has 0 radical (unpaired) electrons. The van der Waals surface area contributed by atoms with Crippen LogP contribution in [0.1, 0.15) is 15.9 Å². The van der Waals surface area contributed by atoms with Crippen molar-refractivity contribution in [1.82, 2.24) is 4.98 Å². The molecule has 21 heavy (non-hydrogen) atoms. The van der Waals surface area contributed by atoms with E-state index >= 15 is 0 Å². The molecule has 3 rings (SSSR count). The van der Waals surface area contributed by atoms with Crippen LogP contribution in [0.5, 0.6) is 0 Å². The molecule has 4 heteroatoms. The average Bonchev–Trinajstić information content (AvgIpc) is 2.89. The van der Waals surface area contributed by atoms with E-state index in [0.717, 1.165) is 16.6 Å². The number of H-pyrrole nitrogens is 1. The Bertz CT molecular complexity index is 803. The van der Waals surface area contributed by atoms with Crippen LogP contribution >= 0.6 is 0 Å². The largest absolute Gasteiger partial charge is 0.399 e. The number of aromatic nitrogens is 1. The number of nitrogens with zero attached hydrogens (tertiary/aromatic N) is 1. The van der Waals surface area contributed by atoms with Gasteiger partial charge in [0.05, 0.1) is 5.56 Å². The Balaban J connectivity index is 1.98. The summed E-state index contributed by atoms with van der Waals surface area (Å²) in [5.41, 5.74) is 9.99. The van der Waals surface area contributed by atoms with Gasteiger partial charge in [-0.05, 0) is 37.3 Å². The van der Waals surface area contributed by atoms with Crippen molar-refractivity contribution in [3.63, 3.8) is 0 Å². The second kappa shape index (κ2) is 4.98. The van der Waals surface area contributed by atoms with Crippen LogP contribution in [-0.2, 0) is 0 Å². The summed E-state index contributed by atoms with van der Waals surface area (Å²) >= 11 is 0. The van der Waals surface area contributed by atoms with Gasteiger partial charge in [-0.2, -0.15) is 0 Å². The Morgan fingerprint density at radius 3 is 2.57 bits per heavy atom. The highest BCUT2D eigenvalue weighted by atomic mass is 16.2. The number of nitrogen functional groups attached to an aromatic ring is 1. The van der Waals surface area contributed by atoms with Gasteiger partial charge in [-0.25, -0.2) is 0 Å². The molecule has 0 fully saturated rings. The van der Waals surface area contributed by atoms with E-state index in [9.17, 15) is 4.79 Å². The van der Waals surface area contributed by atoms with E-state index in [1.54, 1.807) is 24.2 Å². The zero-order valence-corrected chi connectivity index (χ0v) is 12.1. The first-order chi connectivity index (χ1) is 10.1. The number of aryl methyl sites for hydroxylation is 1. The summed E-state index contributed by atoms with van der Waals surface area (Å²) in [5, 5.41) is 0.883. The van der Waals surface area contributed by atoms with Gasteiger partial charge in [-0.1, -0.05) is 17.7 Å². The van der Waals surface area contributed by atoms with Gasteiger partial charge < -0.3 is 15.6 Å². The maximum atomic E-state index is 12.7. The highest BCUT2D eigenvalue weighted by molar-refractivity contribution is 6.14. The number of hydrogen-bond donors (Lipinski definition) is 2. The minimum Gasteiger partial charge on any atom is -0.399 e. The summed E-state index contributed by atoms with van der Waals surface area (Å²) in [6, 6.07) is 13.4. The van der Waals surface area contributed by atoms with Crippen molar-refractivity contribution >= 4 is 28.2 Å². The number of nitrogens with one attached hydrogen (secondary N) is 1. The Morgan fingerprint density at radius 2 is 1.86 bits per heavy atom. The van der Waals surface area contributed by atoms with E-state index in [0.29, 0.717) is 11.3 Å². The minimum absolute atomic E-state index is 0.0464. The molecule has 0 aliphatic carbocycles. The molecule has 3 aromatic rings. The van der Waals surface area contributed by atoms with Gasteiger partial charge in [0.25, 0.3) is 5.91 Å². The molecule has 0 spiro atoms. The second-order valence-corrected chi connectivity index (χ2v) is 5.21. The molecule has 0 aliphatic heterocycles. The van der Waals surface area contributed by atoms with Crippen LogP contribution in [0.15, 0.2) is 48.7 Å². The third kappa shape index (κ3) is 2.36. The topological polar surface area (TPSA) is 62.1 Å². The van der Waals surface area contributed by atoms with Crippen molar-refractivity contribution in [3.8, 4) is 0 Å². The van der Waals surface area contributed by atoms with Crippen molar-refractivity contribution in [2.24, 2.45) is 0 Å². The Hall–Kier alpha value is -2.75. The Labute approximate surface area is 123 Å². The summed E-state index contributed by atoms with van der Waals surface area (Å²) in [7, 11) is 1.78. The molecule has 1 aromatic heterocycles. The van der Waals surface area contributed by atoms with E-state index < -0.39 is 0 Å². The molecule has 106 valence electrons. The molecular weight excluding hydrogens is 262 g/mol. The van der Waals surface area contributed by atoms with Crippen LogP contribution < -0.4 is 10.6 Å². The standard InChI is InChI=1S/C17H17N3O/c1-11-3-6-13(7-4-11)20(2)17(21)15-10-19-16-9-12(18)5-8-14(15)16/h3-10,19H,18H2,1-2H3. The predicted molar refractivity (Wildman–Crippen MR) is 86.6 cm³/mol. The third-order valence-electron chi connectivity index (χ3n) is 3.66. The minimum atomic E-state index is -0.0464. The number of hydrogen-bond acceptors (Lipinski definition) is 2. The summed E-state index contributed by atoms with van der Waals surface area (Å²) < 4.78 is 0. The van der Waals surface area contributed by atoms with E-state index in [1.807, 2.05) is 43.3 Å². The Kier molecular flexibility index (Phi) is 3.14. The van der Waals surface area contributed by atoms with E-state index in [1.165, 1.54) is 5.56 Å². The van der Waals surface area contributed by atoms with Crippen molar-refractivity contribution in [2.75, 3.05) is 17.7 Å². The molecular formula is C17H17N3O. The number of carbonyl (C=O) groups is 1. The molecule has 2 aromatic carbocycles. The fraction of sp³-hybridized carbons (Fsp3) is 0.118. The molecule has 4 nitrogen and oxygen atoms in total. The molecule has 0 saturated heterocycles. The maximum Gasteiger partial charge on any atom is 0.260 e. The monoisotopic (exact) mass is 279 g/mol. The molecule has 0 aliphatic rings. The number of nitrogens with two attached hydrogens (primary N) is 1. The number of benzene rings is 2. The highest BCUT2D eigenvalue weighted by Crippen LogP contribution is 2.23. The van der Waals surface area contributed by atoms with E-state index in [4.69, 9.17) is 5.73 Å². The zero-order valence-electron chi connectivity index (χ0n) is 12.1. The van der Waals surface area contributed by atoms with Gasteiger partial charge in [-0.15, -0.1) is 0 Å². The van der Waals surface area contributed by atoms with Crippen LogP contribution in [0.2, 0.25) is 0 Å². The quantitative estimate of drug-likeness (QED) is 0.707. The van der Waals surface area contributed by atoms with Crippen molar-refractivity contribution in [3.05, 3.63) is 59.8 Å². The van der Waals surface area contributed by atoms with Crippen molar-refractivity contribution < 1.29 is 4.79 Å². The first-order valence-electron chi connectivity index (χ1n) is 6.77. The lowest BCUT2D eigenvalue weighted by atomic mass is 10.1. The molecule has 0 bridgehead atoms. The number of carbonyl (C=O) groups excluding carboxylic acids is 1. The maximum absolute atomic E-state index is 12.7. The van der Waals surface area contributed by atoms with Crippen LogP contribution in [0.3, 0.4) is 0 Å². The van der Waals surface area contributed by atoms with E-state index in [-0.39, 0.29) is 5.91 Å². The fourth-order valence-electron chi connectivity index (χ4n) is 2.39. The number of rotatable bonds is 2. The van der Waals surface area contributed by atoms with Gasteiger partial charge in [-0.3, -0.25) is 4.79 Å². The lowest BCUT2D eigenvalue weighted by Crippen LogP contribution is -2.25. The van der Waals surface area contributed by atoms with Crippen molar-refractivity contribution in [1.29, 1.82) is 0 Å². The normalized spacial score (nSPS) is 10.8. The molecule has 1 heterocycles. The summed E-state index contributed by atoms with van der Waals surface area (Å²) in [4.78, 5) is 17.4. The summed E-state index contributed by atoms with van der Waals surface area (Å²) in [5.74, 6) is -0.0464. The highest BCUT2D eigenvalue weighted by Gasteiger charge is 2.17. The molecule has 1 amide bonds. The Morgan fingerprint density at radius 1 is 1.14 bits per heavy atom. The number of aromatic amines is 1. The van der Waals surface area contributed by atoms with Gasteiger partial charge in [0.1, 0.15) is 0 Å². The SMILES string of the molecule is Cc1ccc(N(C)C(=O)c2c[nH]c3cc(N)ccc23)cc1. The fourth-order valence-corrected chi connectivity index (χ4v) is 2.39. The number of amides is 1. The van der Waals surface area contributed by atoms with Crippen LogP contribution in [0.4, 0.5) is 11.4 Å². The van der Waals surface area contributed by atoms with Gasteiger partial charge in [0, 0.05) is 35.5 Å². The first kappa shape index (κ1) is 13.2. The van der Waals surface area contributed by atoms with Crippen molar-refractivity contribution in [2.45, 2.75) is 6.92 Å². The average molecular weight is 279 g/mol. The van der Waals surface area contributed by atoms with E-state index in [2.05, 4.69) is 4.98 Å². The van der Waals surface area contributed by atoms with Gasteiger partial charge in [0.15, 0.2) is 0 Å². The third-order valence-corrected chi connectivity index (χ3v) is 3.66. The predicted octanol–water partition coefficient (Wildman–Crippen LogP) is 3.34. The lowest BCUT2D eigenvalue weighted by molar-refractivity contribution is 0.0994. The zero-order chi connectivity index (χ0) is 15.0. The number of anilines is 2. The molecule has 0 saturated carbocycles.